The molecule has 1 aliphatic heterocycles. The number of thiophene rings is 1. The molecule has 1 atom stereocenters. The molecule has 1 saturated carbocycles. The van der Waals surface area contributed by atoms with Gasteiger partial charge in [-0.05, 0) is 78.2 Å². The Morgan fingerprint density at radius 1 is 1.05 bits per heavy atom. The van der Waals surface area contributed by atoms with E-state index in [0.717, 1.165) is 49.7 Å². The third kappa shape index (κ3) is 5.47. The summed E-state index contributed by atoms with van der Waals surface area (Å²) in [5.41, 5.74) is 1.81. The molecule has 1 aliphatic carbocycles. The normalized spacial score (nSPS) is 18.4. The van der Waals surface area contributed by atoms with Gasteiger partial charge in [0.05, 0.1) is 24.6 Å². The van der Waals surface area contributed by atoms with Crippen molar-refractivity contribution in [3.8, 4) is 5.75 Å². The van der Waals surface area contributed by atoms with Crippen molar-refractivity contribution in [1.29, 1.82) is 0 Å². The van der Waals surface area contributed by atoms with Gasteiger partial charge in [0.2, 0.25) is 15.9 Å². The maximum atomic E-state index is 14.1. The lowest BCUT2D eigenvalue weighted by Crippen LogP contribution is -2.50. The second-order valence-electron chi connectivity index (χ2n) is 9.72. The molecule has 1 unspecified atom stereocenters. The summed E-state index contributed by atoms with van der Waals surface area (Å²) in [6.45, 7) is 0.261. The quantitative estimate of drug-likeness (QED) is 0.311. The van der Waals surface area contributed by atoms with E-state index in [1.54, 1.807) is 52.6 Å². The lowest BCUT2D eigenvalue weighted by molar-refractivity contribution is -0.133. The third-order valence-electron chi connectivity index (χ3n) is 7.48. The van der Waals surface area contributed by atoms with Crippen LogP contribution >= 0.6 is 34.5 Å². The van der Waals surface area contributed by atoms with Crippen LogP contribution < -0.4 is 4.74 Å². The topological polar surface area (TPSA) is 66.9 Å². The van der Waals surface area contributed by atoms with E-state index < -0.39 is 16.1 Å². The van der Waals surface area contributed by atoms with Crippen LogP contribution in [-0.4, -0.2) is 49.8 Å². The third-order valence-corrected chi connectivity index (χ3v) is 11.0. The molecule has 5 rings (SSSR count). The fourth-order valence-electron chi connectivity index (χ4n) is 5.53. The van der Waals surface area contributed by atoms with Crippen molar-refractivity contribution in [2.24, 2.45) is 0 Å². The van der Waals surface area contributed by atoms with Gasteiger partial charge in [0.15, 0.2) is 0 Å². The van der Waals surface area contributed by atoms with Crippen molar-refractivity contribution in [3.05, 3.63) is 80.0 Å². The Balaban J connectivity index is 1.50. The highest BCUT2D eigenvalue weighted by Crippen LogP contribution is 2.41. The molecule has 202 valence electrons. The van der Waals surface area contributed by atoms with Gasteiger partial charge in [0.25, 0.3) is 0 Å². The van der Waals surface area contributed by atoms with Crippen molar-refractivity contribution in [2.75, 3.05) is 20.2 Å². The second-order valence-corrected chi connectivity index (χ2v) is 13.5. The van der Waals surface area contributed by atoms with Gasteiger partial charge in [0.1, 0.15) is 5.75 Å². The van der Waals surface area contributed by atoms with Crippen LogP contribution in [0.2, 0.25) is 10.0 Å². The van der Waals surface area contributed by atoms with Gasteiger partial charge in [-0.3, -0.25) is 4.79 Å². The highest BCUT2D eigenvalue weighted by atomic mass is 35.5. The summed E-state index contributed by atoms with van der Waals surface area (Å²) in [5, 5.41) is 3.03. The number of benzene rings is 2. The Morgan fingerprint density at radius 2 is 1.79 bits per heavy atom. The summed E-state index contributed by atoms with van der Waals surface area (Å²) in [6, 6.07) is 13.1. The zero-order chi connectivity index (χ0) is 26.9. The molecule has 0 radical (unpaired) electrons. The Morgan fingerprint density at radius 3 is 2.47 bits per heavy atom. The molecular weight excluding hydrogens is 563 g/mol. The van der Waals surface area contributed by atoms with Gasteiger partial charge in [0, 0.05) is 27.5 Å². The van der Waals surface area contributed by atoms with Crippen molar-refractivity contribution >= 4 is 50.5 Å². The molecule has 0 bridgehead atoms. The minimum atomic E-state index is -3.92. The lowest BCUT2D eigenvalue weighted by Gasteiger charge is -2.39. The van der Waals surface area contributed by atoms with E-state index in [4.69, 9.17) is 27.9 Å². The average molecular weight is 594 g/mol. The molecule has 1 aromatic heterocycles. The highest BCUT2D eigenvalue weighted by Gasteiger charge is 2.39. The minimum Gasteiger partial charge on any atom is -0.497 e. The van der Waals surface area contributed by atoms with E-state index in [9.17, 15) is 13.2 Å². The lowest BCUT2D eigenvalue weighted by atomic mass is 9.93. The van der Waals surface area contributed by atoms with Crippen LogP contribution in [0.1, 0.15) is 54.1 Å². The van der Waals surface area contributed by atoms with E-state index >= 15 is 0 Å². The molecule has 2 aromatic carbocycles. The molecule has 1 amide bonds. The summed E-state index contributed by atoms with van der Waals surface area (Å²) in [5.74, 6) is 0.340. The van der Waals surface area contributed by atoms with Gasteiger partial charge in [-0.2, -0.15) is 4.31 Å². The van der Waals surface area contributed by atoms with Crippen molar-refractivity contribution in [1.82, 2.24) is 9.21 Å². The number of carbonyl (C=O) groups excluding carboxylic acids is 1. The van der Waals surface area contributed by atoms with Crippen molar-refractivity contribution in [2.45, 2.75) is 55.5 Å². The van der Waals surface area contributed by atoms with E-state index in [-0.39, 0.29) is 23.4 Å². The number of hydrogen-bond donors (Lipinski definition) is 0. The average Bonchev–Trinajstić information content (AvgIpc) is 3.41. The smallest absolute Gasteiger partial charge is 0.243 e. The zero-order valence-electron chi connectivity index (χ0n) is 21.1. The van der Waals surface area contributed by atoms with Crippen LogP contribution in [0.5, 0.6) is 5.75 Å². The molecule has 2 heterocycles. The number of methoxy groups -OCH3 is 1. The first-order valence-electron chi connectivity index (χ1n) is 12.8. The minimum absolute atomic E-state index is 0.160. The fourth-order valence-corrected chi connectivity index (χ4v) is 8.58. The summed E-state index contributed by atoms with van der Waals surface area (Å²) in [7, 11) is -2.38. The summed E-state index contributed by atoms with van der Waals surface area (Å²) in [4.78, 5) is 17.2. The summed E-state index contributed by atoms with van der Waals surface area (Å²) < 4.78 is 34.5. The number of halogens is 2. The molecule has 3 aromatic rings. The van der Waals surface area contributed by atoms with Crippen LogP contribution in [0.25, 0.3) is 0 Å². The molecule has 10 heteroatoms. The summed E-state index contributed by atoms with van der Waals surface area (Å²) >= 11 is 14.5. The molecule has 2 aliphatic rings. The number of carbonyl (C=O) groups is 1. The standard InChI is InChI=1S/C28H30Cl2N2O4S2/c1-36-21-8-10-22(11-9-21)38(34,35)32(20-5-3-2-4-6-20)18-27(33)31-15-13-26-24(14-16-37-26)28(31)23-12-7-19(29)17-25(23)30/h7-12,14,16-17,20,28H,2-6,13,15,18H2,1H3. The number of hydrogen-bond acceptors (Lipinski definition) is 5. The van der Waals surface area contributed by atoms with Gasteiger partial charge in [-0.25, -0.2) is 8.42 Å². The molecule has 1 fully saturated rings. The molecular formula is C28H30Cl2N2O4S2. The predicted octanol–water partition coefficient (Wildman–Crippen LogP) is 6.56. The number of fused-ring (bicyclic) bond motifs is 1. The number of ether oxygens (including phenoxy) is 1. The zero-order valence-corrected chi connectivity index (χ0v) is 24.3. The van der Waals surface area contributed by atoms with Crippen LogP contribution in [0.3, 0.4) is 0 Å². The van der Waals surface area contributed by atoms with Crippen molar-refractivity contribution < 1.29 is 17.9 Å². The Bertz CT molecular complexity index is 1400. The molecule has 0 N–H and O–H groups in total. The molecule has 38 heavy (non-hydrogen) atoms. The Labute approximate surface area is 238 Å². The van der Waals surface area contributed by atoms with E-state index in [1.165, 1.54) is 16.3 Å². The van der Waals surface area contributed by atoms with Gasteiger partial charge >= 0.3 is 0 Å². The first-order valence-corrected chi connectivity index (χ1v) is 15.8. The Hall–Kier alpha value is -2.10. The number of sulfonamides is 1. The maximum absolute atomic E-state index is 14.1. The van der Waals surface area contributed by atoms with E-state index in [2.05, 4.69) is 0 Å². The number of nitrogens with zero attached hydrogens (tertiary/aromatic N) is 2. The van der Waals surface area contributed by atoms with Crippen molar-refractivity contribution in [3.63, 3.8) is 0 Å². The van der Waals surface area contributed by atoms with E-state index in [0.29, 0.717) is 22.3 Å². The van der Waals surface area contributed by atoms with Gasteiger partial charge in [-0.1, -0.05) is 48.5 Å². The molecule has 0 spiro atoms. The predicted molar refractivity (Wildman–Crippen MR) is 152 cm³/mol. The molecule has 0 saturated heterocycles. The summed E-state index contributed by atoms with van der Waals surface area (Å²) in [6.07, 6.45) is 5.16. The maximum Gasteiger partial charge on any atom is 0.243 e. The first-order chi connectivity index (χ1) is 18.3. The van der Waals surface area contributed by atoms with Gasteiger partial charge in [-0.15, -0.1) is 11.3 Å². The number of amides is 1. The Kier molecular flexibility index (Phi) is 8.36. The van der Waals surface area contributed by atoms with Crippen LogP contribution in [0.4, 0.5) is 0 Å². The van der Waals surface area contributed by atoms with Gasteiger partial charge < -0.3 is 9.64 Å². The molecule has 6 nitrogen and oxygen atoms in total. The monoisotopic (exact) mass is 592 g/mol. The highest BCUT2D eigenvalue weighted by molar-refractivity contribution is 7.89. The largest absolute Gasteiger partial charge is 0.497 e. The van der Waals surface area contributed by atoms with Crippen LogP contribution in [0.15, 0.2) is 58.8 Å². The SMILES string of the molecule is COc1ccc(S(=O)(=O)N(CC(=O)N2CCc3sccc3C2c2ccc(Cl)cc2Cl)C2CCCCC2)cc1. The first kappa shape index (κ1) is 27.5. The van der Waals surface area contributed by atoms with Crippen LogP contribution in [-0.2, 0) is 21.2 Å². The second kappa shape index (κ2) is 11.6. The van der Waals surface area contributed by atoms with E-state index in [1.807, 2.05) is 17.5 Å². The number of rotatable bonds is 7. The van der Waals surface area contributed by atoms with Crippen LogP contribution in [0, 0.1) is 0 Å². The fraction of sp³-hybridized carbons (Fsp3) is 0.393.